The van der Waals surface area contributed by atoms with Crippen LogP contribution in [-0.2, 0) is 4.79 Å². The molecule has 1 atom stereocenters. The number of para-hydroxylation sites is 1. The third kappa shape index (κ3) is 5.04. The van der Waals surface area contributed by atoms with E-state index in [0.717, 1.165) is 24.6 Å². The number of hydrogen-bond donors (Lipinski definition) is 1. The SMILES string of the molecule is CCCCCCC#CC(O)c1nc2ccccc2c(OC(C)=O)c1C. The van der Waals surface area contributed by atoms with Crippen LogP contribution in [0.5, 0.6) is 5.75 Å². The molecule has 0 aliphatic heterocycles. The summed E-state index contributed by atoms with van der Waals surface area (Å²) in [5, 5.41) is 11.2. The van der Waals surface area contributed by atoms with Crippen molar-refractivity contribution in [3.63, 3.8) is 0 Å². The van der Waals surface area contributed by atoms with Gasteiger partial charge in [-0.15, -0.1) is 5.92 Å². The minimum Gasteiger partial charge on any atom is -0.426 e. The molecule has 2 aromatic rings. The lowest BCUT2D eigenvalue weighted by Gasteiger charge is -2.14. The molecule has 1 aromatic carbocycles. The summed E-state index contributed by atoms with van der Waals surface area (Å²) < 4.78 is 5.38. The normalized spacial score (nSPS) is 11.7. The smallest absolute Gasteiger partial charge is 0.308 e. The molecular weight excluding hydrogens is 314 g/mol. The van der Waals surface area contributed by atoms with Crippen LogP contribution in [0.4, 0.5) is 0 Å². The lowest BCUT2D eigenvalue weighted by Crippen LogP contribution is -2.08. The van der Waals surface area contributed by atoms with E-state index in [0.29, 0.717) is 22.5 Å². The lowest BCUT2D eigenvalue weighted by molar-refractivity contribution is -0.131. The summed E-state index contributed by atoms with van der Waals surface area (Å²) in [7, 11) is 0. The first-order chi connectivity index (χ1) is 12.0. The molecule has 0 amide bonds. The molecule has 0 saturated carbocycles. The Morgan fingerprint density at radius 2 is 2.04 bits per heavy atom. The average molecular weight is 339 g/mol. The largest absolute Gasteiger partial charge is 0.426 e. The molecule has 1 N–H and O–H groups in total. The number of aliphatic hydroxyl groups excluding tert-OH is 1. The molecule has 1 unspecified atom stereocenters. The average Bonchev–Trinajstić information content (AvgIpc) is 2.59. The van der Waals surface area contributed by atoms with Crippen molar-refractivity contribution in [1.82, 2.24) is 4.98 Å². The Kier molecular flexibility index (Phi) is 6.97. The minimum atomic E-state index is -0.995. The number of unbranched alkanes of at least 4 members (excludes halogenated alkanes) is 4. The van der Waals surface area contributed by atoms with Gasteiger partial charge < -0.3 is 9.84 Å². The van der Waals surface area contributed by atoms with Gasteiger partial charge in [0.05, 0.1) is 11.2 Å². The molecule has 4 heteroatoms. The summed E-state index contributed by atoms with van der Waals surface area (Å²) in [5.74, 6) is 5.94. The molecule has 0 aliphatic carbocycles. The summed E-state index contributed by atoms with van der Waals surface area (Å²) in [4.78, 5) is 16.0. The van der Waals surface area contributed by atoms with Gasteiger partial charge >= 0.3 is 5.97 Å². The quantitative estimate of drug-likeness (QED) is 0.479. The molecule has 0 saturated heterocycles. The molecular formula is C21H25NO3. The topological polar surface area (TPSA) is 59.4 Å². The van der Waals surface area contributed by atoms with Crippen LogP contribution < -0.4 is 4.74 Å². The van der Waals surface area contributed by atoms with Gasteiger partial charge in [-0.2, -0.15) is 0 Å². The van der Waals surface area contributed by atoms with Crippen LogP contribution in [0.15, 0.2) is 24.3 Å². The van der Waals surface area contributed by atoms with Gasteiger partial charge in [0.25, 0.3) is 0 Å². The van der Waals surface area contributed by atoms with Crippen LogP contribution in [0.25, 0.3) is 10.9 Å². The number of benzene rings is 1. The first-order valence-corrected chi connectivity index (χ1v) is 8.78. The standard InChI is InChI=1S/C21H25NO3/c1-4-5-6-7-8-9-14-19(24)20-15(2)21(25-16(3)23)17-12-10-11-13-18(17)22-20/h10-13,19,24H,4-8H2,1-3H3. The number of aromatic nitrogens is 1. The zero-order valence-electron chi connectivity index (χ0n) is 15.1. The third-order valence-electron chi connectivity index (χ3n) is 4.01. The summed E-state index contributed by atoms with van der Waals surface area (Å²) in [6.45, 7) is 5.32. The molecule has 25 heavy (non-hydrogen) atoms. The maximum absolute atomic E-state index is 11.5. The van der Waals surface area contributed by atoms with E-state index in [-0.39, 0.29) is 0 Å². The van der Waals surface area contributed by atoms with E-state index >= 15 is 0 Å². The van der Waals surface area contributed by atoms with Gasteiger partial charge in [0.1, 0.15) is 5.75 Å². The van der Waals surface area contributed by atoms with Gasteiger partial charge in [-0.3, -0.25) is 4.79 Å². The first-order valence-electron chi connectivity index (χ1n) is 8.78. The monoisotopic (exact) mass is 339 g/mol. The second kappa shape index (κ2) is 9.19. The lowest BCUT2D eigenvalue weighted by atomic mass is 10.0. The van der Waals surface area contributed by atoms with Crippen LogP contribution in [0.1, 0.15) is 63.3 Å². The van der Waals surface area contributed by atoms with Gasteiger partial charge in [0.2, 0.25) is 0 Å². The number of hydrogen-bond acceptors (Lipinski definition) is 4. The van der Waals surface area contributed by atoms with Crippen molar-refractivity contribution in [3.05, 3.63) is 35.5 Å². The van der Waals surface area contributed by atoms with Crippen molar-refractivity contribution < 1.29 is 14.6 Å². The highest BCUT2D eigenvalue weighted by Crippen LogP contribution is 2.32. The Hall–Kier alpha value is -2.38. The van der Waals surface area contributed by atoms with Gasteiger partial charge in [0, 0.05) is 24.3 Å². The van der Waals surface area contributed by atoms with E-state index < -0.39 is 12.1 Å². The molecule has 132 valence electrons. The van der Waals surface area contributed by atoms with Crippen molar-refractivity contribution in [2.75, 3.05) is 0 Å². The number of nitrogens with zero attached hydrogens (tertiary/aromatic N) is 1. The Morgan fingerprint density at radius 1 is 1.28 bits per heavy atom. The molecule has 0 spiro atoms. The molecule has 1 heterocycles. The highest BCUT2D eigenvalue weighted by molar-refractivity contribution is 5.89. The number of aliphatic hydroxyl groups is 1. The van der Waals surface area contributed by atoms with Gasteiger partial charge in [-0.25, -0.2) is 4.98 Å². The fourth-order valence-corrected chi connectivity index (χ4v) is 2.71. The van der Waals surface area contributed by atoms with Crippen molar-refractivity contribution in [3.8, 4) is 17.6 Å². The first kappa shape index (κ1) is 19.0. The van der Waals surface area contributed by atoms with Crippen LogP contribution >= 0.6 is 0 Å². The van der Waals surface area contributed by atoms with Gasteiger partial charge in [-0.05, 0) is 25.5 Å². The third-order valence-corrected chi connectivity index (χ3v) is 4.01. The highest BCUT2D eigenvalue weighted by Gasteiger charge is 2.18. The minimum absolute atomic E-state index is 0.401. The summed E-state index contributed by atoms with van der Waals surface area (Å²) in [6.07, 6.45) is 4.36. The van der Waals surface area contributed by atoms with Crippen molar-refractivity contribution in [2.24, 2.45) is 0 Å². The predicted molar refractivity (Wildman–Crippen MR) is 99.3 cm³/mol. The molecule has 0 bridgehead atoms. The molecule has 0 fully saturated rings. The Morgan fingerprint density at radius 3 is 2.76 bits per heavy atom. The van der Waals surface area contributed by atoms with Crippen LogP contribution in [0, 0.1) is 18.8 Å². The number of rotatable bonds is 6. The van der Waals surface area contributed by atoms with Crippen LogP contribution in [-0.4, -0.2) is 16.1 Å². The van der Waals surface area contributed by atoms with E-state index in [1.165, 1.54) is 19.8 Å². The van der Waals surface area contributed by atoms with Crippen molar-refractivity contribution >= 4 is 16.9 Å². The van der Waals surface area contributed by atoms with Crippen LogP contribution in [0.2, 0.25) is 0 Å². The van der Waals surface area contributed by atoms with E-state index in [1.54, 1.807) is 6.92 Å². The van der Waals surface area contributed by atoms with E-state index in [1.807, 2.05) is 24.3 Å². The number of fused-ring (bicyclic) bond motifs is 1. The van der Waals surface area contributed by atoms with Crippen LogP contribution in [0.3, 0.4) is 0 Å². The van der Waals surface area contributed by atoms with E-state index in [2.05, 4.69) is 23.7 Å². The Bertz CT molecular complexity index is 802. The van der Waals surface area contributed by atoms with Crippen molar-refractivity contribution in [1.29, 1.82) is 0 Å². The summed E-state index contributed by atoms with van der Waals surface area (Å²) in [5.41, 5.74) is 1.75. The Labute approximate surface area is 149 Å². The molecule has 4 nitrogen and oxygen atoms in total. The fraction of sp³-hybridized carbons (Fsp3) is 0.429. The fourth-order valence-electron chi connectivity index (χ4n) is 2.71. The number of pyridine rings is 1. The van der Waals surface area contributed by atoms with E-state index in [9.17, 15) is 9.90 Å². The molecule has 0 aliphatic rings. The second-order valence-electron chi connectivity index (χ2n) is 6.10. The van der Waals surface area contributed by atoms with Crippen molar-refractivity contribution in [2.45, 2.75) is 59.0 Å². The number of carbonyl (C=O) groups excluding carboxylic acids is 1. The molecule has 2 rings (SSSR count). The second-order valence-corrected chi connectivity index (χ2v) is 6.10. The maximum Gasteiger partial charge on any atom is 0.308 e. The molecule has 0 radical (unpaired) electrons. The number of ether oxygens (including phenoxy) is 1. The summed E-state index contributed by atoms with van der Waals surface area (Å²) in [6, 6.07) is 7.40. The molecule has 1 aromatic heterocycles. The zero-order valence-corrected chi connectivity index (χ0v) is 15.1. The number of carbonyl (C=O) groups is 1. The predicted octanol–water partition coefficient (Wildman–Crippen LogP) is 4.48. The summed E-state index contributed by atoms with van der Waals surface area (Å²) >= 11 is 0. The number of esters is 1. The van der Waals surface area contributed by atoms with E-state index in [4.69, 9.17) is 4.74 Å². The highest BCUT2D eigenvalue weighted by atomic mass is 16.5. The Balaban J connectivity index is 2.29. The van der Waals surface area contributed by atoms with Gasteiger partial charge in [-0.1, -0.05) is 44.2 Å². The maximum atomic E-state index is 11.5. The van der Waals surface area contributed by atoms with Gasteiger partial charge in [0.15, 0.2) is 6.10 Å². The zero-order chi connectivity index (χ0) is 18.2.